The van der Waals surface area contributed by atoms with Crippen LogP contribution in [0.5, 0.6) is 0 Å². The summed E-state index contributed by atoms with van der Waals surface area (Å²) in [5.74, 6) is 0. The van der Waals surface area contributed by atoms with Crippen LogP contribution in [0.3, 0.4) is 0 Å². The third kappa shape index (κ3) is 4.11. The Bertz CT molecular complexity index is 636. The first-order valence-corrected chi connectivity index (χ1v) is 7.01. The highest BCUT2D eigenvalue weighted by molar-refractivity contribution is 9.10. The molecule has 0 aromatic heterocycles. The van der Waals surface area contributed by atoms with Gasteiger partial charge >= 0.3 is 6.18 Å². The normalized spacial score (nSPS) is 11.2. The lowest BCUT2D eigenvalue weighted by molar-refractivity contribution is -0.138. The summed E-state index contributed by atoms with van der Waals surface area (Å²) in [6.07, 6.45) is -4.38. The second-order valence-electron chi connectivity index (χ2n) is 4.52. The lowest BCUT2D eigenvalue weighted by Crippen LogP contribution is -2.08. The number of halogens is 4. The van der Waals surface area contributed by atoms with Crippen molar-refractivity contribution in [2.75, 3.05) is 11.9 Å². The standard InChI is InChI=1S/C16H13BrF3N/c1-11(12-5-3-2-4-6-12)10-21-13-7-8-15(17)14(9-13)16(18,19)20/h2-9,21H,1,10H2. The van der Waals surface area contributed by atoms with Gasteiger partial charge in [0.2, 0.25) is 0 Å². The molecule has 0 aliphatic rings. The molecule has 1 N–H and O–H groups in total. The second-order valence-corrected chi connectivity index (χ2v) is 5.37. The van der Waals surface area contributed by atoms with Crippen LogP contribution in [0, 0.1) is 0 Å². The van der Waals surface area contributed by atoms with Crippen molar-refractivity contribution in [3.8, 4) is 0 Å². The van der Waals surface area contributed by atoms with E-state index in [1.807, 2.05) is 30.3 Å². The molecule has 0 unspecified atom stereocenters. The highest BCUT2D eigenvalue weighted by atomic mass is 79.9. The van der Waals surface area contributed by atoms with E-state index in [2.05, 4.69) is 27.8 Å². The zero-order valence-electron chi connectivity index (χ0n) is 11.0. The summed E-state index contributed by atoms with van der Waals surface area (Å²) >= 11 is 2.92. The number of alkyl halides is 3. The Hall–Kier alpha value is -1.75. The van der Waals surface area contributed by atoms with Gasteiger partial charge in [-0.05, 0) is 29.3 Å². The van der Waals surface area contributed by atoms with Crippen molar-refractivity contribution in [2.24, 2.45) is 0 Å². The summed E-state index contributed by atoms with van der Waals surface area (Å²) in [6, 6.07) is 13.6. The van der Waals surface area contributed by atoms with E-state index in [4.69, 9.17) is 0 Å². The molecule has 0 fully saturated rings. The van der Waals surface area contributed by atoms with Gasteiger partial charge in [0.05, 0.1) is 5.56 Å². The summed E-state index contributed by atoms with van der Waals surface area (Å²) in [5.41, 5.74) is 1.48. The number of hydrogen-bond acceptors (Lipinski definition) is 1. The second kappa shape index (κ2) is 6.35. The van der Waals surface area contributed by atoms with E-state index < -0.39 is 11.7 Å². The van der Waals surface area contributed by atoms with E-state index in [1.165, 1.54) is 6.07 Å². The molecule has 2 aromatic carbocycles. The van der Waals surface area contributed by atoms with Crippen molar-refractivity contribution >= 4 is 27.2 Å². The van der Waals surface area contributed by atoms with Crippen LogP contribution in [0.2, 0.25) is 0 Å². The molecule has 0 radical (unpaired) electrons. The minimum atomic E-state index is -4.38. The average molecular weight is 356 g/mol. The topological polar surface area (TPSA) is 12.0 Å². The van der Waals surface area contributed by atoms with Gasteiger partial charge in [-0.25, -0.2) is 0 Å². The van der Waals surface area contributed by atoms with Crippen molar-refractivity contribution in [3.63, 3.8) is 0 Å². The quantitative estimate of drug-likeness (QED) is 0.753. The van der Waals surface area contributed by atoms with Gasteiger partial charge < -0.3 is 5.32 Å². The molecule has 0 aliphatic heterocycles. The van der Waals surface area contributed by atoms with Crippen LogP contribution in [0.4, 0.5) is 18.9 Å². The molecular weight excluding hydrogens is 343 g/mol. The summed E-state index contributed by atoms with van der Waals surface area (Å²) in [6.45, 7) is 4.31. The Kier molecular flexibility index (Phi) is 4.73. The molecule has 0 bridgehead atoms. The van der Waals surface area contributed by atoms with Crippen molar-refractivity contribution < 1.29 is 13.2 Å². The van der Waals surface area contributed by atoms with Crippen molar-refractivity contribution in [1.29, 1.82) is 0 Å². The summed E-state index contributed by atoms with van der Waals surface area (Å²) < 4.78 is 38.5. The van der Waals surface area contributed by atoms with Crippen molar-refractivity contribution in [1.82, 2.24) is 0 Å². The largest absolute Gasteiger partial charge is 0.417 e. The van der Waals surface area contributed by atoms with E-state index in [0.29, 0.717) is 12.2 Å². The van der Waals surface area contributed by atoms with Gasteiger partial charge in [-0.1, -0.05) is 52.8 Å². The number of anilines is 1. The Morgan fingerprint density at radius 3 is 2.38 bits per heavy atom. The molecule has 0 saturated carbocycles. The predicted octanol–water partition coefficient (Wildman–Crippen LogP) is 5.59. The van der Waals surface area contributed by atoms with Crippen LogP contribution in [-0.2, 0) is 6.18 Å². The Morgan fingerprint density at radius 2 is 1.76 bits per heavy atom. The SMILES string of the molecule is C=C(CNc1ccc(Br)c(C(F)(F)F)c1)c1ccccc1. The minimum absolute atomic E-state index is 0.0300. The van der Waals surface area contributed by atoms with E-state index in [1.54, 1.807) is 6.07 Å². The number of rotatable bonds is 4. The molecule has 0 saturated heterocycles. The van der Waals surface area contributed by atoms with E-state index in [9.17, 15) is 13.2 Å². The molecule has 0 aliphatic carbocycles. The minimum Gasteiger partial charge on any atom is -0.381 e. The van der Waals surface area contributed by atoms with E-state index >= 15 is 0 Å². The summed E-state index contributed by atoms with van der Waals surface area (Å²) in [4.78, 5) is 0. The molecule has 110 valence electrons. The molecule has 0 atom stereocenters. The molecule has 0 amide bonds. The third-order valence-corrected chi connectivity index (χ3v) is 3.65. The maximum Gasteiger partial charge on any atom is 0.417 e. The van der Waals surface area contributed by atoms with Gasteiger partial charge in [-0.3, -0.25) is 0 Å². The van der Waals surface area contributed by atoms with Gasteiger partial charge in [0.1, 0.15) is 0 Å². The lowest BCUT2D eigenvalue weighted by atomic mass is 10.1. The fourth-order valence-electron chi connectivity index (χ4n) is 1.84. The van der Waals surface area contributed by atoms with Crippen LogP contribution < -0.4 is 5.32 Å². The Balaban J connectivity index is 2.09. The first-order valence-electron chi connectivity index (χ1n) is 6.22. The summed E-state index contributed by atoms with van der Waals surface area (Å²) in [7, 11) is 0. The predicted molar refractivity (Wildman–Crippen MR) is 83.1 cm³/mol. The van der Waals surface area contributed by atoms with Gasteiger partial charge in [0, 0.05) is 16.7 Å². The average Bonchev–Trinajstić information content (AvgIpc) is 2.45. The van der Waals surface area contributed by atoms with Crippen molar-refractivity contribution in [2.45, 2.75) is 6.18 Å². The maximum atomic E-state index is 12.8. The zero-order valence-corrected chi connectivity index (χ0v) is 12.6. The zero-order chi connectivity index (χ0) is 15.5. The molecule has 1 nitrogen and oxygen atoms in total. The summed E-state index contributed by atoms with van der Waals surface area (Å²) in [5, 5.41) is 2.96. The van der Waals surface area contributed by atoms with Crippen LogP contribution in [-0.4, -0.2) is 6.54 Å². The first-order chi connectivity index (χ1) is 9.88. The van der Waals surface area contributed by atoms with E-state index in [-0.39, 0.29) is 4.47 Å². The first kappa shape index (κ1) is 15.6. The highest BCUT2D eigenvalue weighted by Crippen LogP contribution is 2.36. The van der Waals surface area contributed by atoms with Gasteiger partial charge in [0.15, 0.2) is 0 Å². The third-order valence-electron chi connectivity index (χ3n) is 2.96. The highest BCUT2D eigenvalue weighted by Gasteiger charge is 2.33. The van der Waals surface area contributed by atoms with E-state index in [0.717, 1.165) is 17.2 Å². The monoisotopic (exact) mass is 355 g/mol. The molecule has 21 heavy (non-hydrogen) atoms. The fraction of sp³-hybridized carbons (Fsp3) is 0.125. The van der Waals surface area contributed by atoms with Gasteiger partial charge in [-0.15, -0.1) is 0 Å². The number of hydrogen-bond donors (Lipinski definition) is 1. The van der Waals surface area contributed by atoms with Crippen LogP contribution in [0.15, 0.2) is 59.6 Å². The van der Waals surface area contributed by atoms with Crippen molar-refractivity contribution in [3.05, 3.63) is 70.7 Å². The smallest absolute Gasteiger partial charge is 0.381 e. The maximum absolute atomic E-state index is 12.8. The fourth-order valence-corrected chi connectivity index (χ4v) is 2.31. The molecule has 5 heteroatoms. The Labute approximate surface area is 129 Å². The molecule has 2 rings (SSSR count). The molecular formula is C16H13BrF3N. The van der Waals surface area contributed by atoms with Gasteiger partial charge in [0.25, 0.3) is 0 Å². The van der Waals surface area contributed by atoms with Crippen LogP contribution in [0.25, 0.3) is 5.57 Å². The molecule has 0 heterocycles. The van der Waals surface area contributed by atoms with Crippen LogP contribution >= 0.6 is 15.9 Å². The number of nitrogens with one attached hydrogen (secondary N) is 1. The number of benzene rings is 2. The van der Waals surface area contributed by atoms with Gasteiger partial charge in [-0.2, -0.15) is 13.2 Å². The lowest BCUT2D eigenvalue weighted by Gasteiger charge is -2.13. The Morgan fingerprint density at radius 1 is 1.10 bits per heavy atom. The molecule has 0 spiro atoms. The van der Waals surface area contributed by atoms with Crippen LogP contribution in [0.1, 0.15) is 11.1 Å². The molecule has 2 aromatic rings.